The minimum Gasteiger partial charge on any atom is -0.508 e. The second-order valence-electron chi connectivity index (χ2n) is 9.27. The molecule has 4 aromatic rings. The number of hydrogen-bond donors (Lipinski definition) is 2. The minimum absolute atomic E-state index is 0.258. The van der Waals surface area contributed by atoms with Gasteiger partial charge in [-0.3, -0.25) is 0 Å². The number of hydrogen-bond acceptors (Lipinski definition) is 5. The van der Waals surface area contributed by atoms with Crippen molar-refractivity contribution in [2.45, 2.75) is 52.5 Å². The van der Waals surface area contributed by atoms with Gasteiger partial charge in [-0.2, -0.15) is 9.61 Å². The lowest BCUT2D eigenvalue weighted by Crippen LogP contribution is -2.08. The maximum atomic E-state index is 10.6. The second-order valence-corrected chi connectivity index (χ2v) is 10.1. The number of halogens is 1. The molecule has 5 rings (SSSR count). The first kappa shape index (κ1) is 27.3. The Bertz CT molecular complexity index is 1440. The van der Waals surface area contributed by atoms with Gasteiger partial charge in [-0.15, -0.1) is 0 Å². The van der Waals surface area contributed by atoms with Gasteiger partial charge in [-0.1, -0.05) is 67.6 Å². The highest BCUT2D eigenvalue weighted by atomic mass is 79.9. The van der Waals surface area contributed by atoms with Crippen LogP contribution in [0.15, 0.2) is 89.2 Å². The van der Waals surface area contributed by atoms with Crippen LogP contribution in [0.25, 0.3) is 11.2 Å². The van der Waals surface area contributed by atoms with Crippen LogP contribution in [0.1, 0.15) is 55.5 Å². The highest BCUT2D eigenvalue weighted by molar-refractivity contribution is 9.10. The van der Waals surface area contributed by atoms with E-state index in [0.29, 0.717) is 13.0 Å². The van der Waals surface area contributed by atoms with Crippen molar-refractivity contribution in [3.8, 4) is 0 Å². The smallest absolute Gasteiger partial charge is 0.172 e. The third-order valence-electron chi connectivity index (χ3n) is 6.40. The molecule has 1 aliphatic carbocycles. The number of anilines is 1. The molecule has 0 saturated carbocycles. The monoisotopic (exact) mass is 572 g/mol. The van der Waals surface area contributed by atoms with Crippen LogP contribution < -0.4 is 5.32 Å². The first-order chi connectivity index (χ1) is 18.4. The van der Waals surface area contributed by atoms with Crippen LogP contribution in [0.5, 0.6) is 0 Å². The van der Waals surface area contributed by atoms with E-state index in [0.717, 1.165) is 52.9 Å². The first-order valence-corrected chi connectivity index (χ1v) is 13.7. The summed E-state index contributed by atoms with van der Waals surface area (Å²) in [5.74, 6) is 1.39. The molecule has 0 unspecified atom stereocenters. The molecule has 0 fully saturated rings. The highest BCUT2D eigenvalue weighted by Gasteiger charge is 2.16. The zero-order chi connectivity index (χ0) is 26.9. The van der Waals surface area contributed by atoms with Gasteiger partial charge in [0, 0.05) is 24.6 Å². The number of ketones is 1. The molecule has 38 heavy (non-hydrogen) atoms. The van der Waals surface area contributed by atoms with Gasteiger partial charge >= 0.3 is 0 Å². The number of carbonyl (C=O) groups is 1. The normalized spacial score (nSPS) is 12.8. The number of Topliss-reactive ketones (excluding diaryl/α,β-unsaturated/α-hetero) is 1. The summed E-state index contributed by atoms with van der Waals surface area (Å²) in [6.45, 7) is 4.47. The fourth-order valence-corrected chi connectivity index (χ4v) is 4.53. The zero-order valence-electron chi connectivity index (χ0n) is 21.8. The molecule has 0 amide bonds. The molecule has 6 nitrogen and oxygen atoms in total. The van der Waals surface area contributed by atoms with Crippen molar-refractivity contribution in [1.82, 2.24) is 14.6 Å². The number of benzene rings is 2. The number of aliphatic hydroxyl groups excluding tert-OH is 1. The molecule has 2 aromatic carbocycles. The number of carbonyl (C=O) groups excluding carboxylic acids is 1. The lowest BCUT2D eigenvalue weighted by molar-refractivity contribution is -0.116. The average molecular weight is 574 g/mol. The predicted molar refractivity (Wildman–Crippen MR) is 157 cm³/mol. The Morgan fingerprint density at radius 3 is 2.50 bits per heavy atom. The fraction of sp³-hybridized carbons (Fsp3) is 0.258. The predicted octanol–water partition coefficient (Wildman–Crippen LogP) is 7.49. The second kappa shape index (κ2) is 13.2. The number of nitrogens with one attached hydrogen (secondary N) is 1. The van der Waals surface area contributed by atoms with Crippen molar-refractivity contribution in [1.29, 1.82) is 0 Å². The number of aliphatic hydroxyl groups is 1. The van der Waals surface area contributed by atoms with Gasteiger partial charge < -0.3 is 15.2 Å². The third kappa shape index (κ3) is 7.19. The largest absolute Gasteiger partial charge is 0.508 e. The molecule has 1 aliphatic rings. The standard InChI is InChI=1S/C21H21BrN4O.C10H12O/c1-2-14-7-9-15(10-8-14)12-23-20-11-18(16-5-3-4-6-19(16)27)25-21-17(22)13-24-26(20)21;1-9(11)7-8-10-5-3-2-4-6-10/h4,6-11,13,23,27H,2-3,5,12H2,1H3;2-6H,7-8H2,1H3. The number of fused-ring (bicyclic) bond motifs is 1. The van der Waals surface area contributed by atoms with Crippen molar-refractivity contribution in [2.24, 2.45) is 0 Å². The molecule has 0 spiro atoms. The molecule has 0 saturated heterocycles. The lowest BCUT2D eigenvalue weighted by atomic mass is 10.0. The molecular formula is C31H33BrN4O2. The highest BCUT2D eigenvalue weighted by Crippen LogP contribution is 2.30. The van der Waals surface area contributed by atoms with Gasteiger partial charge in [0.1, 0.15) is 17.4 Å². The van der Waals surface area contributed by atoms with E-state index in [2.05, 4.69) is 57.5 Å². The fourth-order valence-electron chi connectivity index (χ4n) is 4.18. The summed E-state index contributed by atoms with van der Waals surface area (Å²) >= 11 is 3.52. The van der Waals surface area contributed by atoms with Gasteiger partial charge in [0.15, 0.2) is 5.65 Å². The maximum Gasteiger partial charge on any atom is 0.172 e. The van der Waals surface area contributed by atoms with Crippen LogP contribution in [-0.4, -0.2) is 25.5 Å². The van der Waals surface area contributed by atoms with Crippen molar-refractivity contribution in [3.63, 3.8) is 0 Å². The SMILES string of the molecule is CC(=O)CCc1ccccc1.CCc1ccc(CNc2cc(C3=C(O)C=CCC3)nc3c(Br)cnn23)cc1. The summed E-state index contributed by atoms with van der Waals surface area (Å²) in [6.07, 6.45) is 9.71. The van der Waals surface area contributed by atoms with Gasteiger partial charge in [0.2, 0.25) is 0 Å². The first-order valence-electron chi connectivity index (χ1n) is 12.9. The van der Waals surface area contributed by atoms with Crippen LogP contribution in [0, 0.1) is 0 Å². The van der Waals surface area contributed by atoms with E-state index in [1.165, 1.54) is 16.7 Å². The van der Waals surface area contributed by atoms with E-state index >= 15 is 0 Å². The summed E-state index contributed by atoms with van der Waals surface area (Å²) in [4.78, 5) is 15.3. The maximum absolute atomic E-state index is 10.6. The van der Waals surface area contributed by atoms with Crippen LogP contribution in [0.4, 0.5) is 5.82 Å². The molecule has 0 atom stereocenters. The van der Waals surface area contributed by atoms with Crippen molar-refractivity contribution < 1.29 is 9.90 Å². The average Bonchev–Trinajstić information content (AvgIpc) is 3.32. The van der Waals surface area contributed by atoms with Gasteiger partial charge in [-0.05, 0) is 71.3 Å². The number of aromatic nitrogens is 3. The molecule has 2 heterocycles. The van der Waals surface area contributed by atoms with E-state index in [1.807, 2.05) is 42.5 Å². The van der Waals surface area contributed by atoms with Crippen molar-refractivity contribution >= 4 is 38.8 Å². The van der Waals surface area contributed by atoms with E-state index in [9.17, 15) is 9.90 Å². The Kier molecular flexibility index (Phi) is 9.49. The molecule has 2 N–H and O–H groups in total. The van der Waals surface area contributed by atoms with Crippen LogP contribution >= 0.6 is 15.9 Å². The summed E-state index contributed by atoms with van der Waals surface area (Å²) < 4.78 is 2.61. The molecule has 0 aliphatic heterocycles. The summed E-state index contributed by atoms with van der Waals surface area (Å²) in [6, 6.07) is 20.6. The Morgan fingerprint density at radius 2 is 1.82 bits per heavy atom. The summed E-state index contributed by atoms with van der Waals surface area (Å²) in [5, 5.41) is 18.1. The van der Waals surface area contributed by atoms with Crippen LogP contribution in [0.3, 0.4) is 0 Å². The number of nitrogens with zero attached hydrogens (tertiary/aromatic N) is 3. The summed E-state index contributed by atoms with van der Waals surface area (Å²) in [5.41, 5.74) is 6.13. The quantitative estimate of drug-likeness (QED) is 0.228. The van der Waals surface area contributed by atoms with E-state index in [-0.39, 0.29) is 11.5 Å². The number of allylic oxidation sites excluding steroid dienone is 3. The zero-order valence-corrected chi connectivity index (χ0v) is 23.4. The minimum atomic E-state index is 0.258. The van der Waals surface area contributed by atoms with Gasteiger partial charge in [0.05, 0.1) is 16.4 Å². The van der Waals surface area contributed by atoms with Crippen LogP contribution in [-0.2, 0) is 24.2 Å². The Balaban J connectivity index is 0.000000257. The number of aryl methyl sites for hydroxylation is 2. The summed E-state index contributed by atoms with van der Waals surface area (Å²) in [7, 11) is 0. The third-order valence-corrected chi connectivity index (χ3v) is 6.96. The molecule has 7 heteroatoms. The molecule has 0 bridgehead atoms. The molecular weight excluding hydrogens is 540 g/mol. The van der Waals surface area contributed by atoms with Gasteiger partial charge in [0.25, 0.3) is 0 Å². The van der Waals surface area contributed by atoms with Crippen molar-refractivity contribution in [2.75, 3.05) is 5.32 Å². The Morgan fingerprint density at radius 1 is 1.08 bits per heavy atom. The van der Waals surface area contributed by atoms with Crippen molar-refractivity contribution in [3.05, 3.63) is 112 Å². The van der Waals surface area contributed by atoms with Gasteiger partial charge in [-0.25, -0.2) is 4.98 Å². The topological polar surface area (TPSA) is 79.5 Å². The number of rotatable bonds is 8. The molecule has 196 valence electrons. The molecule has 0 radical (unpaired) electrons. The Hall–Kier alpha value is -3.71. The lowest BCUT2D eigenvalue weighted by Gasteiger charge is -2.15. The van der Waals surface area contributed by atoms with E-state index in [4.69, 9.17) is 4.98 Å². The van der Waals surface area contributed by atoms with E-state index in [1.54, 1.807) is 23.7 Å². The Labute approximate surface area is 232 Å². The van der Waals surface area contributed by atoms with Crippen LogP contribution in [0.2, 0.25) is 0 Å². The molecule has 2 aromatic heterocycles. The van der Waals surface area contributed by atoms with E-state index < -0.39 is 0 Å².